The minimum Gasteiger partial charge on any atom is -0.487 e. The molecule has 0 spiro atoms. The summed E-state index contributed by atoms with van der Waals surface area (Å²) in [6.45, 7) is -0.591. The average Bonchev–Trinajstić information content (AvgIpc) is 2.20. The third-order valence-corrected chi connectivity index (χ3v) is 1.63. The summed E-state index contributed by atoms with van der Waals surface area (Å²) in [6.07, 6.45) is -0.545. The first-order valence-corrected chi connectivity index (χ1v) is 4.11. The van der Waals surface area contributed by atoms with Gasteiger partial charge in [-0.3, -0.25) is 4.79 Å². The van der Waals surface area contributed by atoms with Gasteiger partial charge in [0.15, 0.2) is 17.4 Å². The molecule has 1 aromatic rings. The standard InChI is InChI=1S/C9H6F4O3/c10-4-3-5(11)8(13)9(7(4)12)16-2-1-6(14)15/h3H,1-2H2,(H,14,15). The van der Waals surface area contributed by atoms with Gasteiger partial charge in [0.05, 0.1) is 13.0 Å². The molecule has 1 rings (SSSR count). The van der Waals surface area contributed by atoms with Gasteiger partial charge >= 0.3 is 5.97 Å². The SMILES string of the molecule is O=C(O)CCOc1c(F)c(F)cc(F)c1F. The number of ether oxygens (including phenoxy) is 1. The van der Waals surface area contributed by atoms with Gasteiger partial charge in [0.2, 0.25) is 11.6 Å². The molecule has 0 unspecified atom stereocenters. The van der Waals surface area contributed by atoms with Crippen LogP contribution in [-0.2, 0) is 4.79 Å². The molecule has 0 atom stereocenters. The van der Waals surface area contributed by atoms with Gasteiger partial charge in [-0.2, -0.15) is 8.78 Å². The first-order valence-electron chi connectivity index (χ1n) is 4.11. The number of carboxylic acid groups (broad SMARTS) is 1. The lowest BCUT2D eigenvalue weighted by Gasteiger charge is -2.07. The van der Waals surface area contributed by atoms with Crippen LogP contribution in [0.25, 0.3) is 0 Å². The summed E-state index contributed by atoms with van der Waals surface area (Å²) in [4.78, 5) is 10.1. The number of carboxylic acids is 1. The largest absolute Gasteiger partial charge is 0.487 e. The molecule has 0 amide bonds. The van der Waals surface area contributed by atoms with Crippen LogP contribution in [0.1, 0.15) is 6.42 Å². The Bertz CT molecular complexity index is 393. The van der Waals surface area contributed by atoms with Crippen LogP contribution in [-0.4, -0.2) is 17.7 Å². The molecule has 0 aliphatic rings. The third kappa shape index (κ3) is 2.62. The molecule has 0 fully saturated rings. The molecule has 0 aliphatic carbocycles. The van der Waals surface area contributed by atoms with Crippen molar-refractivity contribution in [2.45, 2.75) is 6.42 Å². The van der Waals surface area contributed by atoms with Crippen molar-refractivity contribution in [2.24, 2.45) is 0 Å². The third-order valence-electron chi connectivity index (χ3n) is 1.63. The zero-order valence-electron chi connectivity index (χ0n) is 7.77. The van der Waals surface area contributed by atoms with Crippen LogP contribution in [0.3, 0.4) is 0 Å². The topological polar surface area (TPSA) is 46.5 Å². The summed E-state index contributed by atoms with van der Waals surface area (Å²) < 4.78 is 55.4. The van der Waals surface area contributed by atoms with Crippen molar-refractivity contribution in [3.63, 3.8) is 0 Å². The molecule has 1 N–H and O–H groups in total. The molecule has 7 heteroatoms. The molecule has 0 bridgehead atoms. The summed E-state index contributed by atoms with van der Waals surface area (Å²) in [5.41, 5.74) is 0. The van der Waals surface area contributed by atoms with E-state index in [1.54, 1.807) is 0 Å². The second kappa shape index (κ2) is 4.82. The van der Waals surface area contributed by atoms with E-state index in [0.717, 1.165) is 0 Å². The lowest BCUT2D eigenvalue weighted by Crippen LogP contribution is -2.08. The maximum Gasteiger partial charge on any atom is 0.306 e. The Morgan fingerprint density at radius 2 is 1.69 bits per heavy atom. The number of halogens is 4. The van der Waals surface area contributed by atoms with E-state index in [4.69, 9.17) is 5.11 Å². The highest BCUT2D eigenvalue weighted by Crippen LogP contribution is 2.26. The number of hydrogen-bond acceptors (Lipinski definition) is 2. The van der Waals surface area contributed by atoms with Gasteiger partial charge in [0.1, 0.15) is 0 Å². The van der Waals surface area contributed by atoms with E-state index < -0.39 is 48.0 Å². The van der Waals surface area contributed by atoms with Crippen LogP contribution in [0.2, 0.25) is 0 Å². The molecular formula is C9H6F4O3. The van der Waals surface area contributed by atoms with Gasteiger partial charge in [-0.15, -0.1) is 0 Å². The average molecular weight is 238 g/mol. The highest BCUT2D eigenvalue weighted by atomic mass is 19.2. The number of hydrogen-bond donors (Lipinski definition) is 1. The van der Waals surface area contributed by atoms with Gasteiger partial charge in [-0.25, -0.2) is 8.78 Å². The molecule has 0 aromatic heterocycles. The quantitative estimate of drug-likeness (QED) is 0.645. The summed E-state index contributed by atoms with van der Waals surface area (Å²) in [5.74, 6) is -9.11. The van der Waals surface area contributed by atoms with Gasteiger partial charge in [0, 0.05) is 6.07 Å². The van der Waals surface area contributed by atoms with Gasteiger partial charge < -0.3 is 9.84 Å². The van der Waals surface area contributed by atoms with Crippen LogP contribution in [0.5, 0.6) is 5.75 Å². The van der Waals surface area contributed by atoms with Crippen molar-refractivity contribution in [1.82, 2.24) is 0 Å². The molecule has 0 heterocycles. The minimum absolute atomic E-state index is 0.0364. The smallest absolute Gasteiger partial charge is 0.306 e. The summed E-state index contributed by atoms with van der Waals surface area (Å²) >= 11 is 0. The maximum absolute atomic E-state index is 12.9. The summed E-state index contributed by atoms with van der Waals surface area (Å²) in [6, 6.07) is 0.0364. The summed E-state index contributed by atoms with van der Waals surface area (Å²) in [5, 5.41) is 8.22. The first-order chi connectivity index (χ1) is 7.43. The zero-order valence-corrected chi connectivity index (χ0v) is 7.77. The summed E-state index contributed by atoms with van der Waals surface area (Å²) in [7, 11) is 0. The lowest BCUT2D eigenvalue weighted by molar-refractivity contribution is -0.137. The van der Waals surface area contributed by atoms with Gasteiger partial charge in [0.25, 0.3) is 0 Å². The van der Waals surface area contributed by atoms with Crippen LogP contribution in [0.15, 0.2) is 6.07 Å². The van der Waals surface area contributed by atoms with E-state index in [1.165, 1.54) is 0 Å². The highest BCUT2D eigenvalue weighted by molar-refractivity contribution is 5.66. The predicted molar refractivity (Wildman–Crippen MR) is 44.0 cm³/mol. The number of rotatable bonds is 4. The predicted octanol–water partition coefficient (Wildman–Crippen LogP) is 2.10. The van der Waals surface area contributed by atoms with Crippen LogP contribution >= 0.6 is 0 Å². The Labute approximate surface area is 87.3 Å². The molecule has 3 nitrogen and oxygen atoms in total. The molecule has 0 aliphatic heterocycles. The van der Waals surface area contributed by atoms with Gasteiger partial charge in [-0.05, 0) is 0 Å². The Kier molecular flexibility index (Phi) is 3.70. The molecule has 0 saturated heterocycles. The van der Waals surface area contributed by atoms with Crippen molar-refractivity contribution < 1.29 is 32.2 Å². The van der Waals surface area contributed by atoms with E-state index in [2.05, 4.69) is 4.74 Å². The Morgan fingerprint density at radius 1 is 1.19 bits per heavy atom. The van der Waals surface area contributed by atoms with Gasteiger partial charge in [-0.1, -0.05) is 0 Å². The fourth-order valence-corrected chi connectivity index (χ4v) is 0.918. The fourth-order valence-electron chi connectivity index (χ4n) is 0.918. The molecule has 16 heavy (non-hydrogen) atoms. The van der Waals surface area contributed by atoms with Crippen molar-refractivity contribution >= 4 is 5.97 Å². The lowest BCUT2D eigenvalue weighted by atomic mass is 10.3. The van der Waals surface area contributed by atoms with Crippen LogP contribution in [0.4, 0.5) is 17.6 Å². The Morgan fingerprint density at radius 3 is 2.12 bits per heavy atom. The molecule has 1 aromatic carbocycles. The van der Waals surface area contributed by atoms with E-state index in [-0.39, 0.29) is 6.07 Å². The Balaban J connectivity index is 2.90. The molecular weight excluding hydrogens is 232 g/mol. The monoisotopic (exact) mass is 238 g/mol. The number of carbonyl (C=O) groups is 1. The van der Waals surface area contributed by atoms with Crippen molar-refractivity contribution in [3.05, 3.63) is 29.3 Å². The second-order valence-electron chi connectivity index (χ2n) is 2.79. The van der Waals surface area contributed by atoms with E-state index in [9.17, 15) is 22.4 Å². The van der Waals surface area contributed by atoms with E-state index in [1.807, 2.05) is 0 Å². The van der Waals surface area contributed by atoms with E-state index in [0.29, 0.717) is 0 Å². The first kappa shape index (κ1) is 12.3. The normalized spacial score (nSPS) is 10.2. The molecule has 88 valence electrons. The van der Waals surface area contributed by atoms with Crippen LogP contribution in [0, 0.1) is 23.3 Å². The Hall–Kier alpha value is -1.79. The number of aliphatic carboxylic acids is 1. The van der Waals surface area contributed by atoms with Crippen LogP contribution < -0.4 is 4.74 Å². The van der Waals surface area contributed by atoms with E-state index >= 15 is 0 Å². The molecule has 0 saturated carbocycles. The van der Waals surface area contributed by atoms with Crippen molar-refractivity contribution in [3.8, 4) is 5.75 Å². The zero-order chi connectivity index (χ0) is 12.3. The second-order valence-corrected chi connectivity index (χ2v) is 2.79. The maximum atomic E-state index is 12.9. The fraction of sp³-hybridized carbons (Fsp3) is 0.222. The number of benzene rings is 1. The van der Waals surface area contributed by atoms with Crippen molar-refractivity contribution in [2.75, 3.05) is 6.61 Å². The minimum atomic E-state index is -1.69. The highest BCUT2D eigenvalue weighted by Gasteiger charge is 2.20. The molecule has 0 radical (unpaired) electrons. The van der Waals surface area contributed by atoms with Crippen molar-refractivity contribution in [1.29, 1.82) is 0 Å².